The summed E-state index contributed by atoms with van der Waals surface area (Å²) in [5, 5.41) is 0.0440. The molecule has 3 heterocycles. The van der Waals surface area contributed by atoms with Crippen molar-refractivity contribution in [3.05, 3.63) is 62.7 Å². The van der Waals surface area contributed by atoms with Crippen molar-refractivity contribution < 1.29 is 17.6 Å². The van der Waals surface area contributed by atoms with Gasteiger partial charge in [0.2, 0.25) is 15.9 Å². The molecule has 0 radical (unpaired) electrons. The van der Waals surface area contributed by atoms with Gasteiger partial charge in [-0.1, -0.05) is 12.8 Å². The van der Waals surface area contributed by atoms with E-state index in [1.807, 2.05) is 0 Å². The molecule has 1 N–H and O–H groups in total. The van der Waals surface area contributed by atoms with Crippen LogP contribution in [0, 0.1) is 6.92 Å². The minimum atomic E-state index is -3.96. The van der Waals surface area contributed by atoms with Crippen molar-refractivity contribution >= 4 is 26.8 Å². The van der Waals surface area contributed by atoms with Gasteiger partial charge >= 0.3 is 5.69 Å². The summed E-state index contributed by atoms with van der Waals surface area (Å²) in [6, 6.07) is 7.40. The Labute approximate surface area is 196 Å². The Morgan fingerprint density at radius 1 is 1.06 bits per heavy atom. The SMILES string of the molecule is Cc1ccc(CNS(=O)(=O)c2ccc3c(c2)c(=O)n(CC(=O)N2CCCCCC2)c(=O)n3C)o1. The Kier molecular flexibility index (Phi) is 6.76. The van der Waals surface area contributed by atoms with Gasteiger partial charge in [-0.2, -0.15) is 0 Å². The molecule has 0 spiro atoms. The first-order valence-electron chi connectivity index (χ1n) is 11.2. The number of benzene rings is 1. The first kappa shape index (κ1) is 24.0. The third-order valence-corrected chi connectivity index (χ3v) is 7.52. The number of aryl methyl sites for hydroxylation is 2. The summed E-state index contributed by atoms with van der Waals surface area (Å²) < 4.78 is 35.6. The standard InChI is InChI=1S/C23H28N4O6S/c1-16-7-8-17(33-16)14-24-34(31,32)18-9-10-20-19(13-18)22(29)27(23(30)25(20)2)15-21(28)26-11-5-3-4-6-12-26/h7-10,13,24H,3-6,11-12,14-15H2,1-2H3. The number of hydrogen-bond donors (Lipinski definition) is 1. The van der Waals surface area contributed by atoms with Crippen LogP contribution >= 0.6 is 0 Å². The first-order valence-corrected chi connectivity index (χ1v) is 12.7. The van der Waals surface area contributed by atoms with Crippen LogP contribution in [0.2, 0.25) is 0 Å². The van der Waals surface area contributed by atoms with Crippen LogP contribution < -0.4 is 16.0 Å². The van der Waals surface area contributed by atoms with E-state index in [0.717, 1.165) is 30.3 Å². The second-order valence-corrected chi connectivity index (χ2v) is 10.3. The van der Waals surface area contributed by atoms with E-state index in [-0.39, 0.29) is 34.8 Å². The van der Waals surface area contributed by atoms with Gasteiger partial charge in [0.25, 0.3) is 5.56 Å². The second kappa shape index (κ2) is 9.59. The van der Waals surface area contributed by atoms with Crippen LogP contribution in [0.15, 0.2) is 49.2 Å². The number of rotatable bonds is 6. The molecule has 10 nitrogen and oxygen atoms in total. The van der Waals surface area contributed by atoms with E-state index in [4.69, 9.17) is 4.42 Å². The monoisotopic (exact) mass is 488 g/mol. The molecule has 34 heavy (non-hydrogen) atoms. The molecule has 1 fully saturated rings. The fourth-order valence-corrected chi connectivity index (χ4v) is 5.21. The first-order chi connectivity index (χ1) is 16.2. The lowest BCUT2D eigenvalue weighted by Crippen LogP contribution is -2.44. The van der Waals surface area contributed by atoms with Crippen LogP contribution in [0.5, 0.6) is 0 Å². The number of furan rings is 1. The lowest BCUT2D eigenvalue weighted by Gasteiger charge is -2.21. The number of likely N-dealkylation sites (tertiary alicyclic amines) is 1. The zero-order valence-electron chi connectivity index (χ0n) is 19.2. The Morgan fingerprint density at radius 2 is 1.76 bits per heavy atom. The third kappa shape index (κ3) is 4.85. The van der Waals surface area contributed by atoms with Crippen molar-refractivity contribution in [2.24, 2.45) is 7.05 Å². The Bertz CT molecular complexity index is 1440. The molecule has 0 bridgehead atoms. The molecular weight excluding hydrogens is 460 g/mol. The molecule has 0 unspecified atom stereocenters. The number of nitrogens with one attached hydrogen (secondary N) is 1. The fraction of sp³-hybridized carbons (Fsp3) is 0.435. The van der Waals surface area contributed by atoms with Crippen molar-refractivity contribution in [2.45, 2.75) is 50.6 Å². The van der Waals surface area contributed by atoms with Crippen LogP contribution in [-0.4, -0.2) is 41.4 Å². The summed E-state index contributed by atoms with van der Waals surface area (Å²) in [6.45, 7) is 2.54. The average molecular weight is 489 g/mol. The number of hydrogen-bond acceptors (Lipinski definition) is 6. The lowest BCUT2D eigenvalue weighted by molar-refractivity contribution is -0.131. The van der Waals surface area contributed by atoms with Crippen LogP contribution in [0.1, 0.15) is 37.2 Å². The van der Waals surface area contributed by atoms with Gasteiger partial charge in [-0.15, -0.1) is 0 Å². The van der Waals surface area contributed by atoms with Gasteiger partial charge in [0.1, 0.15) is 18.1 Å². The van der Waals surface area contributed by atoms with Crippen molar-refractivity contribution in [1.29, 1.82) is 0 Å². The molecule has 1 saturated heterocycles. The number of fused-ring (bicyclic) bond motifs is 1. The van der Waals surface area contributed by atoms with Gasteiger partial charge in [-0.05, 0) is 50.1 Å². The normalized spacial score (nSPS) is 14.9. The zero-order chi connectivity index (χ0) is 24.5. The van der Waals surface area contributed by atoms with Crippen LogP contribution in [0.3, 0.4) is 0 Å². The van der Waals surface area contributed by atoms with E-state index < -0.39 is 21.3 Å². The number of amides is 1. The molecular formula is C23H28N4O6S. The van der Waals surface area contributed by atoms with E-state index >= 15 is 0 Å². The van der Waals surface area contributed by atoms with E-state index in [0.29, 0.717) is 24.6 Å². The van der Waals surface area contributed by atoms with E-state index in [9.17, 15) is 22.8 Å². The molecule has 11 heteroatoms. The van der Waals surface area contributed by atoms with E-state index in [1.165, 1.54) is 29.8 Å². The van der Waals surface area contributed by atoms with Crippen molar-refractivity contribution in [2.75, 3.05) is 13.1 Å². The quantitative estimate of drug-likeness (QED) is 0.561. The maximum atomic E-state index is 13.2. The predicted octanol–water partition coefficient (Wildman–Crippen LogP) is 1.48. The van der Waals surface area contributed by atoms with Gasteiger partial charge in [-0.25, -0.2) is 17.9 Å². The largest absolute Gasteiger partial charge is 0.465 e. The topological polar surface area (TPSA) is 124 Å². The number of carbonyl (C=O) groups is 1. The van der Waals surface area contributed by atoms with Gasteiger partial charge in [0.15, 0.2) is 0 Å². The number of aromatic nitrogens is 2. The third-order valence-electron chi connectivity index (χ3n) is 6.12. The number of carbonyl (C=O) groups excluding carboxylic acids is 1. The highest BCUT2D eigenvalue weighted by Crippen LogP contribution is 2.17. The molecule has 4 rings (SSSR count). The Hall–Kier alpha value is -3.18. The summed E-state index contributed by atoms with van der Waals surface area (Å²) in [4.78, 5) is 40.4. The molecule has 1 aliphatic heterocycles. The molecule has 3 aromatic rings. The number of sulfonamides is 1. The molecule has 1 aromatic carbocycles. The van der Waals surface area contributed by atoms with Gasteiger partial charge in [0.05, 0.1) is 22.3 Å². The molecule has 2 aromatic heterocycles. The zero-order valence-corrected chi connectivity index (χ0v) is 20.1. The Balaban J connectivity index is 1.67. The lowest BCUT2D eigenvalue weighted by atomic mass is 10.2. The molecule has 1 amide bonds. The van der Waals surface area contributed by atoms with Gasteiger partial charge in [0, 0.05) is 20.1 Å². The molecule has 0 atom stereocenters. The number of nitrogens with zero attached hydrogens (tertiary/aromatic N) is 3. The predicted molar refractivity (Wildman–Crippen MR) is 126 cm³/mol. The molecule has 0 aliphatic carbocycles. The summed E-state index contributed by atoms with van der Waals surface area (Å²) in [5.41, 5.74) is -1.03. The smallest absolute Gasteiger partial charge is 0.331 e. The van der Waals surface area contributed by atoms with Crippen LogP contribution in [0.25, 0.3) is 10.9 Å². The van der Waals surface area contributed by atoms with Crippen LogP contribution in [0.4, 0.5) is 0 Å². The second-order valence-electron chi connectivity index (χ2n) is 8.54. The van der Waals surface area contributed by atoms with Crippen molar-refractivity contribution in [3.8, 4) is 0 Å². The molecule has 0 saturated carbocycles. The van der Waals surface area contributed by atoms with Crippen molar-refractivity contribution in [1.82, 2.24) is 18.8 Å². The van der Waals surface area contributed by atoms with Gasteiger partial charge in [-0.3, -0.25) is 18.7 Å². The van der Waals surface area contributed by atoms with Gasteiger partial charge < -0.3 is 9.32 Å². The minimum Gasteiger partial charge on any atom is -0.465 e. The molecule has 182 valence electrons. The minimum absolute atomic E-state index is 0.0440. The van der Waals surface area contributed by atoms with E-state index in [1.54, 1.807) is 24.0 Å². The summed E-state index contributed by atoms with van der Waals surface area (Å²) >= 11 is 0. The Morgan fingerprint density at radius 3 is 2.41 bits per heavy atom. The fourth-order valence-electron chi connectivity index (χ4n) is 4.19. The van der Waals surface area contributed by atoms with Crippen molar-refractivity contribution in [3.63, 3.8) is 0 Å². The van der Waals surface area contributed by atoms with E-state index in [2.05, 4.69) is 4.72 Å². The summed E-state index contributed by atoms with van der Waals surface area (Å²) in [5.74, 6) is 0.828. The maximum Gasteiger partial charge on any atom is 0.331 e. The van der Waals surface area contributed by atoms with Crippen LogP contribution in [-0.2, 0) is 35.0 Å². The summed E-state index contributed by atoms with van der Waals surface area (Å²) in [6.07, 6.45) is 3.88. The highest BCUT2D eigenvalue weighted by atomic mass is 32.2. The highest BCUT2D eigenvalue weighted by Gasteiger charge is 2.21. The highest BCUT2D eigenvalue weighted by molar-refractivity contribution is 7.89. The summed E-state index contributed by atoms with van der Waals surface area (Å²) in [7, 11) is -2.47. The average Bonchev–Trinajstić information content (AvgIpc) is 3.05. The molecule has 1 aliphatic rings. The maximum absolute atomic E-state index is 13.2.